The summed E-state index contributed by atoms with van der Waals surface area (Å²) in [5, 5.41) is 9.31. The molecule has 0 saturated carbocycles. The Kier molecular flexibility index (Phi) is 3.68. The van der Waals surface area contributed by atoms with E-state index in [0.29, 0.717) is 18.4 Å². The number of benzene rings is 1. The van der Waals surface area contributed by atoms with Gasteiger partial charge in [0.2, 0.25) is 10.0 Å². The van der Waals surface area contributed by atoms with Crippen molar-refractivity contribution in [2.45, 2.75) is 18.9 Å². The third-order valence-electron chi connectivity index (χ3n) is 3.03. The molecule has 6 heteroatoms. The van der Waals surface area contributed by atoms with Crippen molar-refractivity contribution in [3.05, 3.63) is 35.9 Å². The molecule has 18 heavy (non-hydrogen) atoms. The molecule has 0 aliphatic carbocycles. The van der Waals surface area contributed by atoms with Gasteiger partial charge in [-0.25, -0.2) is 8.42 Å². The van der Waals surface area contributed by atoms with Crippen molar-refractivity contribution < 1.29 is 18.3 Å². The highest BCUT2D eigenvalue weighted by atomic mass is 32.2. The molecule has 1 unspecified atom stereocenters. The maximum atomic E-state index is 12.0. The Labute approximate surface area is 106 Å². The molecule has 1 aliphatic rings. The molecule has 1 atom stereocenters. The van der Waals surface area contributed by atoms with Gasteiger partial charge in [-0.1, -0.05) is 30.3 Å². The molecule has 0 bridgehead atoms. The average molecular weight is 269 g/mol. The van der Waals surface area contributed by atoms with Crippen molar-refractivity contribution in [1.29, 1.82) is 0 Å². The molecule has 1 aromatic carbocycles. The Morgan fingerprint density at radius 2 is 1.89 bits per heavy atom. The lowest BCUT2D eigenvalue weighted by molar-refractivity contribution is -0.141. The fourth-order valence-corrected chi connectivity index (χ4v) is 3.91. The third-order valence-corrected chi connectivity index (χ3v) is 4.94. The number of carboxylic acids is 1. The van der Waals surface area contributed by atoms with Crippen LogP contribution >= 0.6 is 0 Å². The largest absolute Gasteiger partial charge is 0.480 e. The zero-order valence-corrected chi connectivity index (χ0v) is 10.6. The Hall–Kier alpha value is -1.40. The summed E-state index contributed by atoms with van der Waals surface area (Å²) < 4.78 is 25.0. The minimum Gasteiger partial charge on any atom is -0.480 e. The van der Waals surface area contributed by atoms with E-state index in [2.05, 4.69) is 0 Å². The van der Waals surface area contributed by atoms with Gasteiger partial charge >= 0.3 is 5.97 Å². The molecule has 0 aromatic heterocycles. The number of hydrogen-bond acceptors (Lipinski definition) is 3. The summed E-state index contributed by atoms with van der Waals surface area (Å²) in [4.78, 5) is 11.4. The molecule has 5 nitrogen and oxygen atoms in total. The van der Waals surface area contributed by atoms with Gasteiger partial charge in [0, 0.05) is 6.54 Å². The van der Waals surface area contributed by atoms with Gasteiger partial charge in [-0.15, -0.1) is 0 Å². The van der Waals surface area contributed by atoms with Gasteiger partial charge < -0.3 is 5.11 Å². The maximum absolute atomic E-state index is 12.0. The van der Waals surface area contributed by atoms with Crippen molar-refractivity contribution in [2.24, 2.45) is 0 Å². The molecule has 2 rings (SSSR count). The number of hydrogen-bond donors (Lipinski definition) is 1. The van der Waals surface area contributed by atoms with Crippen LogP contribution in [0.4, 0.5) is 0 Å². The van der Waals surface area contributed by atoms with E-state index in [-0.39, 0.29) is 12.3 Å². The monoisotopic (exact) mass is 269 g/mol. The highest BCUT2D eigenvalue weighted by Gasteiger charge is 2.37. The lowest BCUT2D eigenvalue weighted by Crippen LogP contribution is -2.43. The van der Waals surface area contributed by atoms with Crippen LogP contribution in [0, 0.1) is 0 Å². The summed E-state index contributed by atoms with van der Waals surface area (Å²) in [5.41, 5.74) is 0.496. The van der Waals surface area contributed by atoms with Crippen molar-refractivity contribution >= 4 is 16.0 Å². The highest BCUT2D eigenvalue weighted by molar-refractivity contribution is 7.89. The minimum absolute atomic E-state index is 0.0314. The lowest BCUT2D eigenvalue weighted by Gasteiger charge is -2.31. The first-order chi connectivity index (χ1) is 8.52. The van der Waals surface area contributed by atoms with Crippen LogP contribution in [-0.2, 0) is 14.8 Å². The van der Waals surface area contributed by atoms with Gasteiger partial charge in [-0.05, 0) is 18.4 Å². The molecule has 98 valence electrons. The molecule has 0 spiro atoms. The normalized spacial score (nSPS) is 21.3. The van der Waals surface area contributed by atoms with Crippen LogP contribution in [0.25, 0.3) is 0 Å². The van der Waals surface area contributed by atoms with Crippen molar-refractivity contribution in [3.8, 4) is 0 Å². The van der Waals surface area contributed by atoms with Gasteiger partial charge in [-0.2, -0.15) is 4.31 Å². The Bertz CT molecular complexity index is 526. The zero-order valence-electron chi connectivity index (χ0n) is 9.82. The summed E-state index contributed by atoms with van der Waals surface area (Å²) in [6.07, 6.45) is 1.30. The van der Waals surface area contributed by atoms with Gasteiger partial charge in [0.1, 0.15) is 6.04 Å². The van der Waals surface area contributed by atoms with Gasteiger partial charge in [0.25, 0.3) is 0 Å². The maximum Gasteiger partial charge on any atom is 0.326 e. The van der Waals surface area contributed by atoms with Crippen LogP contribution < -0.4 is 0 Å². The van der Waals surface area contributed by atoms with E-state index in [9.17, 15) is 18.3 Å². The number of sulfonamides is 1. The van der Waals surface area contributed by atoms with Gasteiger partial charge in [-0.3, -0.25) is 4.79 Å². The summed E-state index contributed by atoms with van der Waals surface area (Å²) >= 11 is 0. The number of nitrogens with zero attached hydrogens (tertiary/aromatic N) is 1. The molecule has 1 saturated heterocycles. The number of carboxylic acid groups (broad SMARTS) is 1. The van der Waals surface area contributed by atoms with E-state index in [0.717, 1.165) is 4.31 Å². The summed E-state index contributed by atoms with van der Waals surface area (Å²) in [6.45, 7) is 0.272. The highest BCUT2D eigenvalue weighted by Crippen LogP contribution is 2.27. The molecule has 0 amide bonds. The minimum atomic E-state index is -3.46. The Morgan fingerprint density at radius 3 is 2.44 bits per heavy atom. The van der Waals surface area contributed by atoms with Crippen molar-refractivity contribution in [2.75, 3.05) is 12.3 Å². The summed E-state index contributed by atoms with van der Waals surface area (Å²) in [6, 6.07) is 7.36. The van der Waals surface area contributed by atoms with Crippen molar-refractivity contribution in [3.63, 3.8) is 0 Å². The molecule has 1 fully saturated rings. The van der Waals surface area contributed by atoms with Crippen LogP contribution in [0.1, 0.15) is 24.4 Å². The smallest absolute Gasteiger partial charge is 0.326 e. The predicted octanol–water partition coefficient (Wildman–Crippen LogP) is 1.24. The fraction of sp³-hybridized carbons (Fsp3) is 0.417. The first kappa shape index (κ1) is 13.0. The molecular weight excluding hydrogens is 254 g/mol. The number of rotatable bonds is 3. The van der Waals surface area contributed by atoms with E-state index >= 15 is 0 Å². The Morgan fingerprint density at radius 1 is 1.22 bits per heavy atom. The SMILES string of the molecule is O=C(O)C(c1ccccc1)N1CCCCS1(=O)=O. The topological polar surface area (TPSA) is 74.7 Å². The Balaban J connectivity index is 2.40. The third kappa shape index (κ3) is 2.54. The fourth-order valence-electron chi connectivity index (χ4n) is 2.17. The molecule has 1 aromatic rings. The summed E-state index contributed by atoms with van der Waals surface area (Å²) in [7, 11) is -3.46. The lowest BCUT2D eigenvalue weighted by atomic mass is 10.1. The first-order valence-corrected chi connectivity index (χ1v) is 7.40. The van der Waals surface area contributed by atoms with Crippen molar-refractivity contribution in [1.82, 2.24) is 4.31 Å². The second-order valence-corrected chi connectivity index (χ2v) is 6.33. The van der Waals surface area contributed by atoms with Crippen LogP contribution in [0.3, 0.4) is 0 Å². The van der Waals surface area contributed by atoms with E-state index in [1.807, 2.05) is 0 Å². The molecule has 1 N–H and O–H groups in total. The number of carbonyl (C=O) groups is 1. The molecular formula is C12H15NO4S. The van der Waals surface area contributed by atoms with Gasteiger partial charge in [0.05, 0.1) is 5.75 Å². The van der Waals surface area contributed by atoms with Crippen LogP contribution in [0.5, 0.6) is 0 Å². The molecule has 0 radical (unpaired) electrons. The van der Waals surface area contributed by atoms with Gasteiger partial charge in [0.15, 0.2) is 0 Å². The predicted molar refractivity (Wildman–Crippen MR) is 66.5 cm³/mol. The van der Waals surface area contributed by atoms with Crippen LogP contribution in [0.15, 0.2) is 30.3 Å². The van der Waals surface area contributed by atoms with E-state index in [4.69, 9.17) is 0 Å². The number of aliphatic carboxylic acids is 1. The van der Waals surface area contributed by atoms with E-state index in [1.54, 1.807) is 30.3 Å². The van der Waals surface area contributed by atoms with Crippen LogP contribution in [-0.4, -0.2) is 36.1 Å². The second kappa shape index (κ2) is 5.07. The van der Waals surface area contributed by atoms with E-state index in [1.165, 1.54) is 0 Å². The zero-order chi connectivity index (χ0) is 13.2. The molecule has 1 heterocycles. The van der Waals surface area contributed by atoms with E-state index < -0.39 is 22.0 Å². The summed E-state index contributed by atoms with van der Waals surface area (Å²) in [5.74, 6) is -1.10. The quantitative estimate of drug-likeness (QED) is 0.895. The van der Waals surface area contributed by atoms with Crippen LogP contribution in [0.2, 0.25) is 0 Å². The molecule has 1 aliphatic heterocycles. The standard InChI is InChI=1S/C12H15NO4S/c14-12(15)11(10-6-2-1-3-7-10)13-8-4-5-9-18(13,16)17/h1-3,6-7,11H,4-5,8-9H2,(H,14,15). The second-order valence-electron chi connectivity index (χ2n) is 4.29. The first-order valence-electron chi connectivity index (χ1n) is 5.79. The average Bonchev–Trinajstić information content (AvgIpc) is 2.32.